The molecule has 0 fully saturated rings. The molecule has 0 amide bonds. The molecule has 0 aromatic heterocycles. The number of ether oxygens (including phenoxy) is 1. The number of carbonyl (C=O) groups is 1. The van der Waals surface area contributed by atoms with Crippen LogP contribution in [-0.2, 0) is 9.53 Å². The summed E-state index contributed by atoms with van der Waals surface area (Å²) < 4.78 is 6.60. The van der Waals surface area contributed by atoms with Gasteiger partial charge in [-0.05, 0) is 0 Å². The molecular formula is C11H18Cl2O2Sn. The summed E-state index contributed by atoms with van der Waals surface area (Å²) in [5, 5.41) is 0. The molecule has 0 rings (SSSR count). The van der Waals surface area contributed by atoms with Crippen molar-refractivity contribution in [3.63, 3.8) is 0 Å². The van der Waals surface area contributed by atoms with E-state index in [-0.39, 0.29) is 12.6 Å². The van der Waals surface area contributed by atoms with Crippen LogP contribution in [-0.4, -0.2) is 28.7 Å². The van der Waals surface area contributed by atoms with Crippen LogP contribution in [0.4, 0.5) is 0 Å². The second kappa shape index (κ2) is 8.46. The Labute approximate surface area is 109 Å². The van der Waals surface area contributed by atoms with Crippen molar-refractivity contribution >= 4 is 39.9 Å². The molecule has 16 heavy (non-hydrogen) atoms. The third-order valence-corrected chi connectivity index (χ3v) is 13.8. The number of hydrogen-bond donors (Lipinski definition) is 0. The molecule has 0 radical (unpaired) electrons. The molecule has 0 bridgehead atoms. The number of halogens is 2. The van der Waals surface area contributed by atoms with Crippen LogP contribution in [0.3, 0.4) is 0 Å². The molecular weight excluding hydrogens is 354 g/mol. The zero-order valence-corrected chi connectivity index (χ0v) is 14.3. The first kappa shape index (κ1) is 16.4. The average Bonchev–Trinajstić information content (AvgIpc) is 2.20. The van der Waals surface area contributed by atoms with Gasteiger partial charge < -0.3 is 0 Å². The Bertz CT molecular complexity index is 294. The number of esters is 1. The van der Waals surface area contributed by atoms with E-state index >= 15 is 0 Å². The quantitative estimate of drug-likeness (QED) is 0.402. The molecule has 0 aliphatic heterocycles. The molecule has 0 heterocycles. The third-order valence-electron chi connectivity index (χ3n) is 2.02. The second-order valence-electron chi connectivity index (χ2n) is 3.50. The number of rotatable bonds is 6. The Morgan fingerprint density at radius 2 is 2.12 bits per heavy atom. The molecule has 0 spiro atoms. The fraction of sp³-hybridized carbons (Fsp3) is 0.636. The summed E-state index contributed by atoms with van der Waals surface area (Å²) in [5.41, 5.74) is 3.03. The summed E-state index contributed by atoms with van der Waals surface area (Å²) in [5.74, 6) is -0.318. The molecule has 0 aromatic rings. The second-order valence-corrected chi connectivity index (χ2v) is 20.6. The van der Waals surface area contributed by atoms with Gasteiger partial charge in [0.25, 0.3) is 0 Å². The van der Waals surface area contributed by atoms with Crippen LogP contribution in [0, 0.1) is 0 Å². The summed E-state index contributed by atoms with van der Waals surface area (Å²) >= 11 is -3.27. The van der Waals surface area contributed by atoms with E-state index in [0.29, 0.717) is 0 Å². The van der Waals surface area contributed by atoms with Crippen molar-refractivity contribution in [1.82, 2.24) is 0 Å². The van der Waals surface area contributed by atoms with Crippen molar-refractivity contribution in [3.05, 3.63) is 15.4 Å². The van der Waals surface area contributed by atoms with Crippen LogP contribution < -0.4 is 0 Å². The van der Waals surface area contributed by atoms with Gasteiger partial charge in [-0.1, -0.05) is 0 Å². The van der Waals surface area contributed by atoms with E-state index in [0.717, 1.165) is 20.9 Å². The van der Waals surface area contributed by atoms with Crippen LogP contribution in [0.25, 0.3) is 0 Å². The zero-order chi connectivity index (χ0) is 12.6. The SMILES string of the molecule is CC=C=[C](COC(C)=O)[Sn]([Cl])([Cl])[CH2]CCC. The molecule has 0 N–H and O–H groups in total. The average molecular weight is 372 g/mol. The Hall–Kier alpha value is 0.369. The van der Waals surface area contributed by atoms with E-state index in [4.69, 9.17) is 22.6 Å². The van der Waals surface area contributed by atoms with Crippen LogP contribution in [0.15, 0.2) is 15.4 Å². The fourth-order valence-electron chi connectivity index (χ4n) is 1.15. The first-order chi connectivity index (χ1) is 7.44. The third kappa shape index (κ3) is 6.85. The van der Waals surface area contributed by atoms with Crippen molar-refractivity contribution in [2.75, 3.05) is 6.61 Å². The molecule has 0 atom stereocenters. The van der Waals surface area contributed by atoms with E-state index in [1.165, 1.54) is 6.92 Å². The van der Waals surface area contributed by atoms with Gasteiger partial charge in [0, 0.05) is 0 Å². The van der Waals surface area contributed by atoms with Gasteiger partial charge in [0.05, 0.1) is 0 Å². The van der Waals surface area contributed by atoms with Gasteiger partial charge in [-0.25, -0.2) is 0 Å². The molecule has 0 aromatic carbocycles. The molecule has 2 nitrogen and oxygen atoms in total. The van der Waals surface area contributed by atoms with E-state index in [1.54, 1.807) is 6.08 Å². The molecule has 0 unspecified atom stereocenters. The molecule has 92 valence electrons. The van der Waals surface area contributed by atoms with Gasteiger partial charge >= 0.3 is 110 Å². The first-order valence-electron chi connectivity index (χ1n) is 5.36. The van der Waals surface area contributed by atoms with E-state index < -0.39 is 16.1 Å². The van der Waals surface area contributed by atoms with Crippen molar-refractivity contribution in [2.24, 2.45) is 0 Å². The van der Waals surface area contributed by atoms with Gasteiger partial charge in [-0.15, -0.1) is 0 Å². The maximum absolute atomic E-state index is 10.8. The van der Waals surface area contributed by atoms with Crippen molar-refractivity contribution in [2.45, 2.75) is 38.0 Å². The molecule has 0 aliphatic rings. The Balaban J connectivity index is 4.64. The molecule has 0 aliphatic carbocycles. The van der Waals surface area contributed by atoms with E-state index in [1.807, 2.05) is 6.92 Å². The Morgan fingerprint density at radius 1 is 1.50 bits per heavy atom. The van der Waals surface area contributed by atoms with Crippen LogP contribution >= 0.6 is 17.8 Å². The summed E-state index contributed by atoms with van der Waals surface area (Å²) in [6.45, 7) is 5.51. The standard InChI is InChI=1S/C7H9O2.C4H9.2ClH.Sn/c1-3-4-5-6-9-7(2)8;1-3-4-2;;;/h3H,6H2,1-2H3;1,3-4H2,2H3;2*1H;/q;;;;+2/p-2. The Kier molecular flexibility index (Phi) is 8.65. The minimum atomic E-state index is -3.27. The summed E-state index contributed by atoms with van der Waals surface area (Å²) in [6.07, 6.45) is 3.84. The van der Waals surface area contributed by atoms with Crippen LogP contribution in [0.1, 0.15) is 33.6 Å². The monoisotopic (exact) mass is 372 g/mol. The van der Waals surface area contributed by atoms with E-state index in [9.17, 15) is 4.79 Å². The van der Waals surface area contributed by atoms with E-state index in [2.05, 4.69) is 12.7 Å². The fourth-order valence-corrected chi connectivity index (χ4v) is 9.37. The molecule has 5 heteroatoms. The topological polar surface area (TPSA) is 26.3 Å². The molecule has 0 saturated carbocycles. The van der Waals surface area contributed by atoms with Crippen LogP contribution in [0.5, 0.6) is 0 Å². The van der Waals surface area contributed by atoms with Gasteiger partial charge in [0.15, 0.2) is 0 Å². The van der Waals surface area contributed by atoms with Crippen molar-refractivity contribution in [3.8, 4) is 0 Å². The van der Waals surface area contributed by atoms with Crippen molar-refractivity contribution in [1.29, 1.82) is 0 Å². The zero-order valence-electron chi connectivity index (χ0n) is 9.98. The van der Waals surface area contributed by atoms with Crippen LogP contribution in [0.2, 0.25) is 4.44 Å². The normalized spacial score (nSPS) is 10.6. The first-order valence-corrected chi connectivity index (χ1v) is 16.0. The van der Waals surface area contributed by atoms with Gasteiger partial charge in [-0.3, -0.25) is 0 Å². The predicted octanol–water partition coefficient (Wildman–Crippen LogP) is 3.91. The predicted molar refractivity (Wildman–Crippen MR) is 71.1 cm³/mol. The number of unbranched alkanes of at least 4 members (excludes halogenated alkanes) is 1. The van der Waals surface area contributed by atoms with Gasteiger partial charge in [-0.2, -0.15) is 0 Å². The number of carbonyl (C=O) groups excluding carboxylic acids is 1. The Morgan fingerprint density at radius 3 is 2.56 bits per heavy atom. The minimum absolute atomic E-state index is 0.187. The van der Waals surface area contributed by atoms with Gasteiger partial charge in [0.1, 0.15) is 0 Å². The van der Waals surface area contributed by atoms with Gasteiger partial charge in [0.2, 0.25) is 0 Å². The summed E-state index contributed by atoms with van der Waals surface area (Å²) in [4.78, 5) is 10.8. The number of hydrogen-bond acceptors (Lipinski definition) is 2. The maximum atomic E-state index is 10.8. The summed E-state index contributed by atoms with van der Waals surface area (Å²) in [6, 6.07) is 0. The summed E-state index contributed by atoms with van der Waals surface area (Å²) in [7, 11) is 12.8. The molecule has 0 saturated heterocycles. The van der Waals surface area contributed by atoms with Crippen molar-refractivity contribution < 1.29 is 9.53 Å².